The van der Waals surface area contributed by atoms with E-state index in [2.05, 4.69) is 6.58 Å². The maximum Gasteiger partial charge on any atom is 0.234 e. The number of carbonyl (C=O) groups is 1. The second-order valence-corrected chi connectivity index (χ2v) is 4.61. The summed E-state index contributed by atoms with van der Waals surface area (Å²) in [5, 5.41) is 9.11. The van der Waals surface area contributed by atoms with Crippen LogP contribution in [-0.2, 0) is 4.79 Å². The predicted molar refractivity (Wildman–Crippen MR) is 81.7 cm³/mol. The van der Waals surface area contributed by atoms with Gasteiger partial charge >= 0.3 is 0 Å². The molecule has 0 unspecified atom stereocenters. The first kappa shape index (κ1) is 13.9. The van der Waals surface area contributed by atoms with E-state index in [1.54, 1.807) is 7.05 Å². The van der Waals surface area contributed by atoms with Crippen LogP contribution in [0.5, 0.6) is 0 Å². The second kappa shape index (κ2) is 6.06. The Morgan fingerprint density at radius 2 is 1.75 bits per heavy atom. The molecule has 1 amide bonds. The minimum atomic E-state index is -0.192. The van der Waals surface area contributed by atoms with E-state index in [1.807, 2.05) is 54.6 Å². The summed E-state index contributed by atoms with van der Waals surface area (Å²) < 4.78 is 0. The van der Waals surface area contributed by atoms with E-state index < -0.39 is 0 Å². The smallest absolute Gasteiger partial charge is 0.234 e. The highest BCUT2D eigenvalue weighted by atomic mass is 16.3. The molecule has 2 rings (SSSR count). The van der Waals surface area contributed by atoms with E-state index in [4.69, 9.17) is 5.11 Å². The molecule has 0 fully saturated rings. The highest BCUT2D eigenvalue weighted by Gasteiger charge is 2.12. The lowest BCUT2D eigenvalue weighted by atomic mass is 10.0. The summed E-state index contributed by atoms with van der Waals surface area (Å²) in [6.07, 6.45) is -0.0634. The number of nitrogens with zero attached hydrogens (tertiary/aromatic N) is 1. The molecule has 0 bridgehead atoms. The largest absolute Gasteiger partial charge is 0.512 e. The number of anilines is 1. The van der Waals surface area contributed by atoms with E-state index in [1.165, 1.54) is 4.90 Å². The maximum atomic E-state index is 11.9. The van der Waals surface area contributed by atoms with Crippen molar-refractivity contribution in [1.82, 2.24) is 0 Å². The van der Waals surface area contributed by atoms with Crippen LogP contribution < -0.4 is 4.90 Å². The fourth-order valence-corrected chi connectivity index (χ4v) is 1.96. The van der Waals surface area contributed by atoms with Gasteiger partial charge in [-0.05, 0) is 23.3 Å². The lowest BCUT2D eigenvalue weighted by Gasteiger charge is -2.18. The van der Waals surface area contributed by atoms with Gasteiger partial charge in [-0.1, -0.05) is 49.0 Å². The maximum absolute atomic E-state index is 11.9. The van der Waals surface area contributed by atoms with Crippen molar-refractivity contribution in [3.63, 3.8) is 0 Å². The number of carbonyl (C=O) groups excluding carboxylic acids is 1. The molecule has 0 saturated heterocycles. The first-order valence-electron chi connectivity index (χ1n) is 6.36. The number of hydrogen-bond donors (Lipinski definition) is 1. The van der Waals surface area contributed by atoms with Crippen molar-refractivity contribution in [1.29, 1.82) is 0 Å². The highest BCUT2D eigenvalue weighted by molar-refractivity contribution is 5.94. The first-order valence-corrected chi connectivity index (χ1v) is 6.36. The van der Waals surface area contributed by atoms with Crippen LogP contribution in [0, 0.1) is 0 Å². The third kappa shape index (κ3) is 3.26. The van der Waals surface area contributed by atoms with E-state index >= 15 is 0 Å². The topological polar surface area (TPSA) is 40.5 Å². The van der Waals surface area contributed by atoms with Crippen LogP contribution in [0.25, 0.3) is 11.1 Å². The summed E-state index contributed by atoms with van der Waals surface area (Å²) >= 11 is 0. The molecule has 0 heterocycles. The van der Waals surface area contributed by atoms with Gasteiger partial charge in [-0.15, -0.1) is 0 Å². The lowest BCUT2D eigenvalue weighted by molar-refractivity contribution is -0.118. The number of benzene rings is 2. The van der Waals surface area contributed by atoms with Gasteiger partial charge in [0.2, 0.25) is 5.91 Å². The molecule has 0 aliphatic carbocycles. The summed E-state index contributed by atoms with van der Waals surface area (Å²) in [5.74, 6) is -0.316. The van der Waals surface area contributed by atoms with Gasteiger partial charge in [-0.3, -0.25) is 4.79 Å². The van der Waals surface area contributed by atoms with Crippen LogP contribution in [-0.4, -0.2) is 18.1 Å². The molecule has 3 nitrogen and oxygen atoms in total. The van der Waals surface area contributed by atoms with Crippen molar-refractivity contribution in [2.45, 2.75) is 6.42 Å². The Balaban J connectivity index is 2.26. The van der Waals surface area contributed by atoms with Crippen LogP contribution in [0.4, 0.5) is 5.69 Å². The van der Waals surface area contributed by atoms with Crippen LogP contribution in [0.3, 0.4) is 0 Å². The average molecular weight is 267 g/mol. The SMILES string of the molecule is C=C(O)CC(=O)N(C)c1cccc(-c2ccccc2)c1. The van der Waals surface area contributed by atoms with Crippen LogP contribution in [0.2, 0.25) is 0 Å². The highest BCUT2D eigenvalue weighted by Crippen LogP contribution is 2.24. The molecule has 1 N–H and O–H groups in total. The fraction of sp³-hybridized carbons (Fsp3) is 0.118. The second-order valence-electron chi connectivity index (χ2n) is 4.61. The Bertz CT molecular complexity index is 620. The predicted octanol–water partition coefficient (Wildman–Crippen LogP) is 3.78. The molecule has 0 aromatic heterocycles. The van der Waals surface area contributed by atoms with E-state index in [0.29, 0.717) is 0 Å². The Hall–Kier alpha value is -2.55. The number of aliphatic hydroxyl groups is 1. The third-order valence-electron chi connectivity index (χ3n) is 3.07. The van der Waals surface area contributed by atoms with Crippen molar-refractivity contribution in [3.8, 4) is 11.1 Å². The minimum Gasteiger partial charge on any atom is -0.512 e. The van der Waals surface area contributed by atoms with Gasteiger partial charge in [-0.25, -0.2) is 0 Å². The Morgan fingerprint density at radius 1 is 1.10 bits per heavy atom. The molecule has 2 aromatic carbocycles. The quantitative estimate of drug-likeness (QED) is 0.856. The molecule has 3 heteroatoms. The molecule has 0 spiro atoms. The van der Waals surface area contributed by atoms with Crippen LogP contribution >= 0.6 is 0 Å². The van der Waals surface area contributed by atoms with Gasteiger partial charge in [0.05, 0.1) is 12.2 Å². The third-order valence-corrected chi connectivity index (χ3v) is 3.07. The average Bonchev–Trinajstić information content (AvgIpc) is 2.47. The molecule has 0 saturated carbocycles. The number of hydrogen-bond acceptors (Lipinski definition) is 2. The van der Waals surface area contributed by atoms with Gasteiger partial charge in [0.1, 0.15) is 0 Å². The summed E-state index contributed by atoms with van der Waals surface area (Å²) in [7, 11) is 1.69. The van der Waals surface area contributed by atoms with Gasteiger partial charge in [0, 0.05) is 12.7 Å². The normalized spacial score (nSPS) is 10.1. The van der Waals surface area contributed by atoms with E-state index in [-0.39, 0.29) is 18.1 Å². The molecule has 0 aliphatic heterocycles. The zero-order valence-electron chi connectivity index (χ0n) is 11.4. The molecule has 2 aromatic rings. The molecule has 0 aliphatic rings. The van der Waals surface area contributed by atoms with Crippen molar-refractivity contribution in [2.24, 2.45) is 0 Å². The molecular formula is C17H17NO2. The molecule has 0 radical (unpaired) electrons. The molecular weight excluding hydrogens is 250 g/mol. The summed E-state index contributed by atoms with van der Waals surface area (Å²) in [5.41, 5.74) is 2.94. The zero-order chi connectivity index (χ0) is 14.5. The van der Waals surface area contributed by atoms with Crippen LogP contribution in [0.1, 0.15) is 6.42 Å². The summed E-state index contributed by atoms with van der Waals surface area (Å²) in [4.78, 5) is 13.4. The van der Waals surface area contributed by atoms with Crippen molar-refractivity contribution < 1.29 is 9.90 Å². The first-order chi connectivity index (χ1) is 9.58. The molecule has 0 atom stereocenters. The Labute approximate surface area is 118 Å². The zero-order valence-corrected chi connectivity index (χ0v) is 11.4. The minimum absolute atomic E-state index is 0.0634. The standard InChI is InChI=1S/C17H17NO2/c1-13(19)11-17(20)18(2)16-10-6-9-15(12-16)14-7-4-3-5-8-14/h3-10,12,19H,1,11H2,2H3. The molecule has 20 heavy (non-hydrogen) atoms. The lowest BCUT2D eigenvalue weighted by Crippen LogP contribution is -2.26. The number of aliphatic hydroxyl groups excluding tert-OH is 1. The van der Waals surface area contributed by atoms with E-state index in [9.17, 15) is 4.79 Å². The summed E-state index contributed by atoms with van der Waals surface area (Å²) in [6, 6.07) is 17.7. The van der Waals surface area contributed by atoms with Crippen LogP contribution in [0.15, 0.2) is 66.9 Å². The van der Waals surface area contributed by atoms with Crippen molar-refractivity contribution in [3.05, 3.63) is 66.9 Å². The Morgan fingerprint density at radius 3 is 2.40 bits per heavy atom. The van der Waals surface area contributed by atoms with Gasteiger partial charge in [0.15, 0.2) is 0 Å². The van der Waals surface area contributed by atoms with Crippen molar-refractivity contribution in [2.75, 3.05) is 11.9 Å². The summed E-state index contributed by atoms with van der Waals surface area (Å²) in [6.45, 7) is 3.34. The monoisotopic (exact) mass is 267 g/mol. The fourth-order valence-electron chi connectivity index (χ4n) is 1.96. The van der Waals surface area contributed by atoms with Gasteiger partial charge in [0.25, 0.3) is 0 Å². The van der Waals surface area contributed by atoms with E-state index in [0.717, 1.165) is 16.8 Å². The Kier molecular flexibility index (Phi) is 4.20. The van der Waals surface area contributed by atoms with Gasteiger partial charge < -0.3 is 10.0 Å². The van der Waals surface area contributed by atoms with Crippen molar-refractivity contribution >= 4 is 11.6 Å². The number of amides is 1. The number of rotatable bonds is 4. The molecule has 102 valence electrons. The van der Waals surface area contributed by atoms with Gasteiger partial charge in [-0.2, -0.15) is 0 Å².